The van der Waals surface area contributed by atoms with Crippen LogP contribution in [0.1, 0.15) is 12.8 Å². The van der Waals surface area contributed by atoms with Crippen LogP contribution in [-0.4, -0.2) is 74.5 Å². The van der Waals surface area contributed by atoms with Gasteiger partial charge < -0.3 is 28.8 Å². The van der Waals surface area contributed by atoms with E-state index in [4.69, 9.17) is 19.3 Å². The minimum atomic E-state index is -1.26. The zero-order chi connectivity index (χ0) is 22.2. The van der Waals surface area contributed by atoms with Gasteiger partial charge in [0.25, 0.3) is 0 Å². The average molecular weight is 416 g/mol. The van der Waals surface area contributed by atoms with Gasteiger partial charge in [-0.05, 0) is 0 Å². The number of ether oxygens (including phenoxy) is 5. The van der Waals surface area contributed by atoms with Gasteiger partial charge in [-0.15, -0.1) is 0 Å². The minimum Gasteiger partial charge on any atom is -0.481 e. The molecule has 12 nitrogen and oxygen atoms in total. The molecule has 12 heteroatoms. The Morgan fingerprint density at radius 3 is 1.52 bits per heavy atom. The highest BCUT2D eigenvalue weighted by Crippen LogP contribution is 2.02. The Morgan fingerprint density at radius 2 is 1.14 bits per heavy atom. The van der Waals surface area contributed by atoms with E-state index in [2.05, 4.69) is 9.47 Å². The summed E-state index contributed by atoms with van der Waals surface area (Å²) in [5.74, 6) is -5.70. The smallest absolute Gasteiger partial charge is 0.331 e. The molecule has 0 aliphatic heterocycles. The number of aliphatic carboxylic acids is 1. The summed E-state index contributed by atoms with van der Waals surface area (Å²) < 4.78 is 23.0. The molecular formula is C17H20O12. The summed E-state index contributed by atoms with van der Waals surface area (Å²) in [4.78, 5) is 67.0. The van der Waals surface area contributed by atoms with Crippen LogP contribution in [0.15, 0.2) is 24.3 Å². The lowest BCUT2D eigenvalue weighted by Crippen LogP contribution is -2.30. The van der Waals surface area contributed by atoms with Gasteiger partial charge >= 0.3 is 35.8 Å². The van der Waals surface area contributed by atoms with Crippen LogP contribution in [-0.2, 0) is 52.5 Å². The van der Waals surface area contributed by atoms with E-state index >= 15 is 0 Å². The van der Waals surface area contributed by atoms with Crippen LogP contribution < -0.4 is 0 Å². The first-order chi connectivity index (χ1) is 13.7. The van der Waals surface area contributed by atoms with Gasteiger partial charge in [0.05, 0.1) is 27.1 Å². The van der Waals surface area contributed by atoms with Gasteiger partial charge in [-0.2, -0.15) is 0 Å². The molecule has 1 N–H and O–H groups in total. The summed E-state index contributed by atoms with van der Waals surface area (Å²) in [5, 5.41) is 8.56. The van der Waals surface area contributed by atoms with E-state index in [1.54, 1.807) is 0 Å². The van der Waals surface area contributed by atoms with E-state index in [1.807, 2.05) is 0 Å². The molecule has 0 bridgehead atoms. The fraction of sp³-hybridized carbons (Fsp3) is 0.412. The van der Waals surface area contributed by atoms with Gasteiger partial charge in [0.1, 0.15) is 13.2 Å². The zero-order valence-corrected chi connectivity index (χ0v) is 15.7. The fourth-order valence-corrected chi connectivity index (χ4v) is 1.42. The molecule has 0 unspecified atom stereocenters. The number of rotatable bonds is 12. The van der Waals surface area contributed by atoms with Crippen molar-refractivity contribution in [3.05, 3.63) is 24.3 Å². The zero-order valence-electron chi connectivity index (χ0n) is 15.7. The first-order valence-electron chi connectivity index (χ1n) is 7.94. The second-order valence-corrected chi connectivity index (χ2v) is 4.98. The van der Waals surface area contributed by atoms with Gasteiger partial charge in [0, 0.05) is 24.3 Å². The van der Waals surface area contributed by atoms with Crippen LogP contribution in [0.4, 0.5) is 0 Å². The number of hydrogen-bond acceptors (Lipinski definition) is 11. The van der Waals surface area contributed by atoms with Crippen molar-refractivity contribution in [2.45, 2.75) is 18.9 Å². The molecule has 0 heterocycles. The third-order valence-corrected chi connectivity index (χ3v) is 2.78. The molecule has 0 radical (unpaired) electrons. The van der Waals surface area contributed by atoms with Crippen molar-refractivity contribution in [1.82, 2.24) is 0 Å². The lowest BCUT2D eigenvalue weighted by molar-refractivity contribution is -0.164. The van der Waals surface area contributed by atoms with Crippen LogP contribution in [0, 0.1) is 0 Å². The van der Waals surface area contributed by atoms with Crippen LogP contribution in [0.3, 0.4) is 0 Å². The highest BCUT2D eigenvalue weighted by atomic mass is 16.6. The van der Waals surface area contributed by atoms with Gasteiger partial charge in [0.15, 0.2) is 6.10 Å². The quantitative estimate of drug-likeness (QED) is 0.242. The first kappa shape index (κ1) is 25.3. The van der Waals surface area contributed by atoms with E-state index in [-0.39, 0.29) is 0 Å². The molecule has 0 aromatic heterocycles. The largest absolute Gasteiger partial charge is 0.481 e. The van der Waals surface area contributed by atoms with E-state index in [0.29, 0.717) is 0 Å². The Bertz CT molecular complexity index is 634. The normalized spacial score (nSPS) is 10.6. The second-order valence-electron chi connectivity index (χ2n) is 4.98. The number of carboxylic acid groups (broad SMARTS) is 1. The van der Waals surface area contributed by atoms with Crippen molar-refractivity contribution in [3.63, 3.8) is 0 Å². The summed E-state index contributed by atoms with van der Waals surface area (Å²) in [6.07, 6.45) is 0.914. The molecule has 0 saturated heterocycles. The van der Waals surface area contributed by atoms with Crippen molar-refractivity contribution in [1.29, 1.82) is 0 Å². The molecule has 0 rings (SSSR count). The highest BCUT2D eigenvalue weighted by molar-refractivity contribution is 5.92. The summed E-state index contributed by atoms with van der Waals surface area (Å²) in [6.45, 7) is -1.12. The summed E-state index contributed by atoms with van der Waals surface area (Å²) in [6, 6.07) is 0. The summed E-state index contributed by atoms with van der Waals surface area (Å²) >= 11 is 0. The van der Waals surface area contributed by atoms with Crippen molar-refractivity contribution in [3.8, 4) is 0 Å². The Hall–Kier alpha value is -3.70. The van der Waals surface area contributed by atoms with Gasteiger partial charge in [0.2, 0.25) is 0 Å². The predicted octanol–water partition coefficient (Wildman–Crippen LogP) is -0.692. The minimum absolute atomic E-state index is 0.460. The van der Waals surface area contributed by atoms with Crippen molar-refractivity contribution >= 4 is 35.8 Å². The van der Waals surface area contributed by atoms with E-state index in [0.717, 1.165) is 38.5 Å². The Balaban J connectivity index is 4.78. The molecule has 160 valence electrons. The molecule has 0 amide bonds. The maximum atomic E-state index is 11.6. The molecule has 0 aliphatic carbocycles. The van der Waals surface area contributed by atoms with E-state index < -0.39 is 68.0 Å². The van der Waals surface area contributed by atoms with Crippen molar-refractivity contribution < 1.29 is 57.6 Å². The maximum absolute atomic E-state index is 11.6. The van der Waals surface area contributed by atoms with Gasteiger partial charge in [-0.1, -0.05) is 0 Å². The SMILES string of the molecule is COC(=O)/C=C/C(=O)OCC(COC(=O)/C=C/C(=O)OC)OC(=O)CCC(=O)O. The topological polar surface area (TPSA) is 169 Å². The van der Waals surface area contributed by atoms with Crippen molar-refractivity contribution in [2.24, 2.45) is 0 Å². The van der Waals surface area contributed by atoms with E-state index in [1.165, 1.54) is 0 Å². The molecule has 0 saturated carbocycles. The molecule has 0 fully saturated rings. The van der Waals surface area contributed by atoms with E-state index in [9.17, 15) is 28.8 Å². The lowest BCUT2D eigenvalue weighted by atomic mass is 10.3. The van der Waals surface area contributed by atoms with Gasteiger partial charge in [-0.25, -0.2) is 19.2 Å². The molecule has 0 aromatic rings. The maximum Gasteiger partial charge on any atom is 0.331 e. The number of carboxylic acids is 1. The highest BCUT2D eigenvalue weighted by Gasteiger charge is 2.19. The van der Waals surface area contributed by atoms with Crippen LogP contribution in [0.2, 0.25) is 0 Å². The number of esters is 5. The third-order valence-electron chi connectivity index (χ3n) is 2.78. The third kappa shape index (κ3) is 14.1. The second kappa shape index (κ2) is 14.4. The molecule has 0 spiro atoms. The predicted molar refractivity (Wildman–Crippen MR) is 91.0 cm³/mol. The number of carbonyl (C=O) groups excluding carboxylic acids is 5. The molecule has 29 heavy (non-hydrogen) atoms. The summed E-state index contributed by atoms with van der Waals surface area (Å²) in [7, 11) is 2.21. The molecule has 0 atom stereocenters. The van der Waals surface area contributed by atoms with Crippen LogP contribution in [0.5, 0.6) is 0 Å². The Kier molecular flexibility index (Phi) is 12.5. The lowest BCUT2D eigenvalue weighted by Gasteiger charge is -2.17. The Morgan fingerprint density at radius 1 is 0.724 bits per heavy atom. The van der Waals surface area contributed by atoms with Gasteiger partial charge in [-0.3, -0.25) is 9.59 Å². The summed E-state index contributed by atoms with van der Waals surface area (Å²) in [5.41, 5.74) is 0. The first-order valence-corrected chi connectivity index (χ1v) is 7.94. The van der Waals surface area contributed by atoms with Crippen LogP contribution in [0.25, 0.3) is 0 Å². The van der Waals surface area contributed by atoms with Crippen LogP contribution >= 0.6 is 0 Å². The monoisotopic (exact) mass is 416 g/mol. The molecule has 0 aromatic carbocycles. The fourth-order valence-electron chi connectivity index (χ4n) is 1.42. The molecule has 0 aliphatic rings. The Labute approximate surface area is 165 Å². The number of hydrogen-bond donors (Lipinski definition) is 1. The van der Waals surface area contributed by atoms with Crippen molar-refractivity contribution in [2.75, 3.05) is 27.4 Å². The average Bonchev–Trinajstić information content (AvgIpc) is 2.70. The molecular weight excluding hydrogens is 396 g/mol. The standard InChI is InChI=1S/C17H20O12/c1-25-13(20)5-7-15(22)27-9-11(29-17(24)4-3-12(18)19)10-28-16(23)8-6-14(21)26-2/h5-8,11H,3-4,9-10H2,1-2H3,(H,18,19)/b7-5+,8-6+. The number of methoxy groups -OCH3 is 2. The number of carbonyl (C=O) groups is 6.